The van der Waals surface area contributed by atoms with Crippen LogP contribution in [0.1, 0.15) is 52.9 Å². The zero-order chi connectivity index (χ0) is 21.2. The van der Waals surface area contributed by atoms with Crippen LogP contribution in [0, 0.1) is 5.92 Å². The van der Waals surface area contributed by atoms with Gasteiger partial charge in [0.2, 0.25) is 16.9 Å². The number of hydrogen-bond acceptors (Lipinski definition) is 6. The summed E-state index contributed by atoms with van der Waals surface area (Å²) in [7, 11) is 1.61. The van der Waals surface area contributed by atoms with Gasteiger partial charge in [0.1, 0.15) is 16.8 Å². The Bertz CT molecular complexity index is 791. The molecule has 1 aromatic carbocycles. The molecule has 29 heavy (non-hydrogen) atoms. The van der Waals surface area contributed by atoms with Crippen molar-refractivity contribution >= 4 is 28.3 Å². The van der Waals surface area contributed by atoms with Gasteiger partial charge in [0.15, 0.2) is 0 Å². The van der Waals surface area contributed by atoms with Crippen LogP contribution in [0.2, 0.25) is 0 Å². The van der Waals surface area contributed by atoms with Gasteiger partial charge in [0.25, 0.3) is 0 Å². The van der Waals surface area contributed by atoms with Gasteiger partial charge in [-0.25, -0.2) is 0 Å². The normalized spacial score (nSPS) is 12.8. The van der Waals surface area contributed by atoms with E-state index in [1.165, 1.54) is 11.3 Å². The average molecular weight is 419 g/mol. The lowest BCUT2D eigenvalue weighted by Crippen LogP contribution is -2.47. The van der Waals surface area contributed by atoms with Gasteiger partial charge in [-0.3, -0.25) is 14.9 Å². The fourth-order valence-corrected chi connectivity index (χ4v) is 3.54. The van der Waals surface area contributed by atoms with Gasteiger partial charge < -0.3 is 10.1 Å². The van der Waals surface area contributed by atoms with E-state index in [2.05, 4.69) is 27.8 Å². The van der Waals surface area contributed by atoms with E-state index >= 15 is 0 Å². The van der Waals surface area contributed by atoms with E-state index in [0.717, 1.165) is 37.0 Å². The van der Waals surface area contributed by atoms with E-state index in [0.29, 0.717) is 16.6 Å². The number of rotatable bonds is 11. The first-order valence-electron chi connectivity index (χ1n) is 10.1. The molecule has 2 N–H and O–H groups in total. The van der Waals surface area contributed by atoms with E-state index in [1.807, 2.05) is 38.1 Å². The Morgan fingerprint density at radius 2 is 1.86 bits per heavy atom. The van der Waals surface area contributed by atoms with Crippen LogP contribution in [0.15, 0.2) is 24.3 Å². The molecule has 0 bridgehead atoms. The Kier molecular flexibility index (Phi) is 9.05. The molecule has 0 fully saturated rings. The first-order valence-corrected chi connectivity index (χ1v) is 10.9. The molecular weight excluding hydrogens is 388 g/mol. The predicted octanol–water partition coefficient (Wildman–Crippen LogP) is 4.26. The van der Waals surface area contributed by atoms with Crippen LogP contribution in [0.4, 0.5) is 5.13 Å². The SMILES string of the molecule is CCCCCC(=O)NC(C(=O)Nc1nnc(-c2ccc(OC)cc2)s1)C(C)CC. The largest absolute Gasteiger partial charge is 0.497 e. The summed E-state index contributed by atoms with van der Waals surface area (Å²) in [6.45, 7) is 6.05. The highest BCUT2D eigenvalue weighted by atomic mass is 32.1. The van der Waals surface area contributed by atoms with Crippen LogP contribution < -0.4 is 15.4 Å². The maximum atomic E-state index is 12.8. The lowest BCUT2D eigenvalue weighted by atomic mass is 9.98. The Morgan fingerprint density at radius 3 is 2.48 bits per heavy atom. The molecule has 0 saturated carbocycles. The van der Waals surface area contributed by atoms with Crippen LogP contribution in [-0.4, -0.2) is 35.2 Å². The van der Waals surface area contributed by atoms with Crippen molar-refractivity contribution in [1.29, 1.82) is 0 Å². The smallest absolute Gasteiger partial charge is 0.249 e. The van der Waals surface area contributed by atoms with E-state index in [1.54, 1.807) is 7.11 Å². The molecule has 158 valence electrons. The van der Waals surface area contributed by atoms with Gasteiger partial charge in [-0.15, -0.1) is 10.2 Å². The third kappa shape index (κ3) is 6.81. The summed E-state index contributed by atoms with van der Waals surface area (Å²) in [6.07, 6.45) is 4.11. The fourth-order valence-electron chi connectivity index (χ4n) is 2.79. The number of unbranched alkanes of at least 4 members (excludes halogenated alkanes) is 2. The standard InChI is InChI=1S/C21H30N4O3S/c1-5-7-8-9-17(26)22-18(14(3)6-2)19(27)23-21-25-24-20(29-21)15-10-12-16(28-4)13-11-15/h10-14,18H,5-9H2,1-4H3,(H,22,26)(H,23,25,27). The second-order valence-electron chi connectivity index (χ2n) is 7.02. The van der Waals surface area contributed by atoms with Crippen molar-refractivity contribution in [2.45, 2.75) is 58.9 Å². The number of benzene rings is 1. The first kappa shape index (κ1) is 22.8. The molecule has 0 aliphatic rings. The summed E-state index contributed by atoms with van der Waals surface area (Å²) in [5, 5.41) is 15.0. The lowest BCUT2D eigenvalue weighted by Gasteiger charge is -2.23. The van der Waals surface area contributed by atoms with Gasteiger partial charge in [-0.2, -0.15) is 0 Å². The minimum Gasteiger partial charge on any atom is -0.497 e. The molecule has 1 heterocycles. The van der Waals surface area contributed by atoms with Gasteiger partial charge in [0.05, 0.1) is 7.11 Å². The second-order valence-corrected chi connectivity index (χ2v) is 8.00. The number of carbonyl (C=O) groups excluding carboxylic acids is 2. The Labute approximate surface area is 176 Å². The summed E-state index contributed by atoms with van der Waals surface area (Å²) < 4.78 is 5.16. The highest BCUT2D eigenvalue weighted by molar-refractivity contribution is 7.18. The minimum atomic E-state index is -0.595. The van der Waals surface area contributed by atoms with Crippen molar-refractivity contribution in [1.82, 2.24) is 15.5 Å². The summed E-state index contributed by atoms with van der Waals surface area (Å²) in [5.41, 5.74) is 0.895. The highest BCUT2D eigenvalue weighted by Crippen LogP contribution is 2.28. The van der Waals surface area contributed by atoms with Crippen molar-refractivity contribution in [3.63, 3.8) is 0 Å². The fraction of sp³-hybridized carbons (Fsp3) is 0.524. The number of hydrogen-bond donors (Lipinski definition) is 2. The van der Waals surface area contributed by atoms with Gasteiger partial charge in [-0.05, 0) is 36.6 Å². The topological polar surface area (TPSA) is 93.2 Å². The lowest BCUT2D eigenvalue weighted by molar-refractivity contribution is -0.127. The number of carbonyl (C=O) groups is 2. The van der Waals surface area contributed by atoms with Crippen molar-refractivity contribution in [2.75, 3.05) is 12.4 Å². The van der Waals surface area contributed by atoms with Crippen LogP contribution in [0.25, 0.3) is 10.6 Å². The molecule has 0 saturated heterocycles. The van der Waals surface area contributed by atoms with Crippen LogP contribution in [-0.2, 0) is 9.59 Å². The molecule has 7 nitrogen and oxygen atoms in total. The third-order valence-corrected chi connectivity index (χ3v) is 5.70. The first-order chi connectivity index (χ1) is 14.0. The van der Waals surface area contributed by atoms with Crippen molar-refractivity contribution in [3.8, 4) is 16.3 Å². The summed E-state index contributed by atoms with van der Waals surface area (Å²) >= 11 is 1.29. The molecule has 2 atom stereocenters. The Morgan fingerprint density at radius 1 is 1.14 bits per heavy atom. The highest BCUT2D eigenvalue weighted by Gasteiger charge is 2.26. The number of aromatic nitrogens is 2. The Balaban J connectivity index is 2.02. The molecule has 0 radical (unpaired) electrons. The molecule has 2 amide bonds. The van der Waals surface area contributed by atoms with Crippen molar-refractivity contribution in [2.24, 2.45) is 5.92 Å². The average Bonchev–Trinajstić information content (AvgIpc) is 3.20. The number of anilines is 1. The van der Waals surface area contributed by atoms with E-state index in [-0.39, 0.29) is 17.7 Å². The predicted molar refractivity (Wildman–Crippen MR) is 116 cm³/mol. The zero-order valence-corrected chi connectivity index (χ0v) is 18.3. The minimum absolute atomic E-state index is 0.0131. The number of nitrogens with one attached hydrogen (secondary N) is 2. The van der Waals surface area contributed by atoms with Gasteiger partial charge in [0, 0.05) is 12.0 Å². The number of methoxy groups -OCH3 is 1. The van der Waals surface area contributed by atoms with E-state index in [9.17, 15) is 9.59 Å². The number of nitrogens with zero attached hydrogens (tertiary/aromatic N) is 2. The van der Waals surface area contributed by atoms with E-state index in [4.69, 9.17) is 4.74 Å². The molecule has 2 rings (SSSR count). The van der Waals surface area contributed by atoms with Crippen LogP contribution in [0.3, 0.4) is 0 Å². The summed E-state index contributed by atoms with van der Waals surface area (Å²) in [4.78, 5) is 25.0. The van der Waals surface area contributed by atoms with Gasteiger partial charge in [-0.1, -0.05) is 51.4 Å². The molecule has 0 aliphatic carbocycles. The van der Waals surface area contributed by atoms with Crippen LogP contribution >= 0.6 is 11.3 Å². The zero-order valence-electron chi connectivity index (χ0n) is 17.5. The maximum absolute atomic E-state index is 12.8. The van der Waals surface area contributed by atoms with Gasteiger partial charge >= 0.3 is 0 Å². The van der Waals surface area contributed by atoms with Crippen LogP contribution in [0.5, 0.6) is 5.75 Å². The second kappa shape index (κ2) is 11.5. The van der Waals surface area contributed by atoms with Crippen molar-refractivity contribution < 1.29 is 14.3 Å². The van der Waals surface area contributed by atoms with E-state index < -0.39 is 6.04 Å². The van der Waals surface area contributed by atoms with Crippen molar-refractivity contribution in [3.05, 3.63) is 24.3 Å². The Hall–Kier alpha value is -2.48. The summed E-state index contributed by atoms with van der Waals surface area (Å²) in [6, 6.07) is 6.89. The molecule has 2 unspecified atom stereocenters. The third-order valence-electron chi connectivity index (χ3n) is 4.81. The quantitative estimate of drug-likeness (QED) is 0.532. The molecule has 2 aromatic rings. The molecule has 1 aromatic heterocycles. The number of ether oxygens (including phenoxy) is 1. The summed E-state index contributed by atoms with van der Waals surface area (Å²) in [5.74, 6) is 0.424. The molecular formula is C21H30N4O3S. The molecule has 0 spiro atoms. The maximum Gasteiger partial charge on any atom is 0.249 e. The number of amides is 2. The monoisotopic (exact) mass is 418 g/mol. The molecule has 0 aliphatic heterocycles. The molecule has 8 heteroatoms.